The van der Waals surface area contributed by atoms with Gasteiger partial charge in [-0.05, 0) is 36.2 Å². The fraction of sp³-hybridized carbons (Fsp3) is 0.364. The van der Waals surface area contributed by atoms with Crippen LogP contribution < -0.4 is 4.74 Å². The van der Waals surface area contributed by atoms with Crippen molar-refractivity contribution in [1.29, 1.82) is 0 Å². The first-order valence-electron chi connectivity index (χ1n) is 8.98. The Morgan fingerprint density at radius 2 is 1.93 bits per heavy atom. The van der Waals surface area contributed by atoms with Crippen LogP contribution in [0.4, 0.5) is 0 Å². The molecular weight excluding hydrogens is 340 g/mol. The number of H-pyrrole nitrogens is 1. The van der Waals surface area contributed by atoms with Gasteiger partial charge in [-0.1, -0.05) is 26.8 Å². The molecule has 0 unspecified atom stereocenters. The number of methoxy groups -OCH3 is 2. The lowest BCUT2D eigenvalue weighted by Gasteiger charge is -2.19. The van der Waals surface area contributed by atoms with E-state index in [1.54, 1.807) is 13.2 Å². The number of benzene rings is 1. The Morgan fingerprint density at radius 3 is 2.56 bits per heavy atom. The molecule has 0 aliphatic carbocycles. The number of carbonyl (C=O) groups is 1. The van der Waals surface area contributed by atoms with Crippen LogP contribution in [0, 0.1) is 6.92 Å². The molecule has 0 bridgehead atoms. The van der Waals surface area contributed by atoms with Gasteiger partial charge in [-0.2, -0.15) is 0 Å². The number of fused-ring (bicyclic) bond motifs is 1. The van der Waals surface area contributed by atoms with Crippen LogP contribution >= 0.6 is 0 Å². The number of nitrogens with one attached hydrogen (secondary N) is 1. The number of nitrogens with zero attached hydrogens (tertiary/aromatic N) is 1. The number of aromatic nitrogens is 2. The molecule has 2 heterocycles. The number of esters is 1. The zero-order chi connectivity index (χ0) is 19.8. The molecule has 0 aliphatic heterocycles. The summed E-state index contributed by atoms with van der Waals surface area (Å²) in [5.41, 5.74) is 5.58. The molecule has 0 aliphatic rings. The second-order valence-corrected chi connectivity index (χ2v) is 7.78. The van der Waals surface area contributed by atoms with Gasteiger partial charge in [0.2, 0.25) is 0 Å². The molecule has 1 N–H and O–H groups in total. The molecule has 1 aromatic carbocycles. The maximum absolute atomic E-state index is 11.8. The lowest BCUT2D eigenvalue weighted by Crippen LogP contribution is -2.15. The van der Waals surface area contributed by atoms with Gasteiger partial charge in [0.1, 0.15) is 11.4 Å². The number of aromatic amines is 1. The molecule has 0 saturated heterocycles. The molecule has 0 atom stereocenters. The van der Waals surface area contributed by atoms with Crippen molar-refractivity contribution in [3.8, 4) is 5.75 Å². The normalized spacial score (nSPS) is 11.6. The van der Waals surface area contributed by atoms with E-state index in [4.69, 9.17) is 9.47 Å². The highest BCUT2D eigenvalue weighted by molar-refractivity contribution is 5.88. The minimum absolute atomic E-state index is 0.0601. The highest BCUT2D eigenvalue weighted by atomic mass is 16.5. The smallest absolute Gasteiger partial charge is 0.356 e. The van der Waals surface area contributed by atoms with Crippen molar-refractivity contribution in [1.82, 2.24) is 9.97 Å². The SMILES string of the molecule is COC(=O)c1cccc(Cc2c(C(C)(C)C)[nH]c3cc(OC)c(C)cc23)n1. The van der Waals surface area contributed by atoms with Crippen LogP contribution in [0.3, 0.4) is 0 Å². The summed E-state index contributed by atoms with van der Waals surface area (Å²) >= 11 is 0. The van der Waals surface area contributed by atoms with Crippen LogP contribution in [0.5, 0.6) is 5.75 Å². The Balaban J connectivity index is 2.15. The molecule has 0 spiro atoms. The maximum atomic E-state index is 11.8. The van der Waals surface area contributed by atoms with E-state index >= 15 is 0 Å². The minimum Gasteiger partial charge on any atom is -0.496 e. The number of ether oxygens (including phenoxy) is 2. The fourth-order valence-electron chi connectivity index (χ4n) is 3.41. The predicted octanol–water partition coefficient (Wildman–Crippen LogP) is 4.55. The number of rotatable bonds is 4. The van der Waals surface area contributed by atoms with Gasteiger partial charge in [-0.15, -0.1) is 0 Å². The third-order valence-electron chi connectivity index (χ3n) is 4.73. The van der Waals surface area contributed by atoms with Crippen molar-refractivity contribution in [3.63, 3.8) is 0 Å². The van der Waals surface area contributed by atoms with Crippen LogP contribution in [0.1, 0.15) is 53.8 Å². The largest absolute Gasteiger partial charge is 0.496 e. The van der Waals surface area contributed by atoms with E-state index in [9.17, 15) is 4.79 Å². The van der Waals surface area contributed by atoms with Crippen LogP contribution in [0.15, 0.2) is 30.3 Å². The van der Waals surface area contributed by atoms with Crippen molar-refractivity contribution >= 4 is 16.9 Å². The van der Waals surface area contributed by atoms with Crippen LogP contribution in [-0.4, -0.2) is 30.2 Å². The zero-order valence-electron chi connectivity index (χ0n) is 16.8. The summed E-state index contributed by atoms with van der Waals surface area (Å²) in [6.45, 7) is 8.60. The third kappa shape index (κ3) is 3.68. The third-order valence-corrected chi connectivity index (χ3v) is 4.73. The fourth-order valence-corrected chi connectivity index (χ4v) is 3.41. The van der Waals surface area contributed by atoms with Crippen molar-refractivity contribution in [3.05, 3.63) is 58.5 Å². The average molecular weight is 366 g/mol. The molecule has 5 heteroatoms. The molecule has 0 saturated carbocycles. The Labute approximate surface area is 159 Å². The Bertz CT molecular complexity index is 997. The molecule has 142 valence electrons. The quantitative estimate of drug-likeness (QED) is 0.688. The monoisotopic (exact) mass is 366 g/mol. The number of pyridine rings is 1. The lowest BCUT2D eigenvalue weighted by molar-refractivity contribution is 0.0593. The second-order valence-electron chi connectivity index (χ2n) is 7.78. The molecule has 3 aromatic rings. The Hall–Kier alpha value is -2.82. The number of carbonyl (C=O) groups excluding carboxylic acids is 1. The molecular formula is C22H26N2O3. The number of aryl methyl sites for hydroxylation is 1. The predicted molar refractivity (Wildman–Crippen MR) is 107 cm³/mol. The van der Waals surface area contributed by atoms with Gasteiger partial charge < -0.3 is 14.5 Å². The van der Waals surface area contributed by atoms with Crippen molar-refractivity contribution < 1.29 is 14.3 Å². The van der Waals surface area contributed by atoms with Crippen molar-refractivity contribution in [2.75, 3.05) is 14.2 Å². The highest BCUT2D eigenvalue weighted by Gasteiger charge is 2.24. The summed E-state index contributed by atoms with van der Waals surface area (Å²) < 4.78 is 10.3. The van der Waals surface area contributed by atoms with Gasteiger partial charge >= 0.3 is 5.97 Å². The van der Waals surface area contributed by atoms with E-state index in [1.165, 1.54) is 12.7 Å². The summed E-state index contributed by atoms with van der Waals surface area (Å²) in [5, 5.41) is 1.16. The first kappa shape index (κ1) is 19.0. The van der Waals surface area contributed by atoms with E-state index in [1.807, 2.05) is 25.1 Å². The molecule has 0 fully saturated rings. The second kappa shape index (κ2) is 7.06. The zero-order valence-corrected chi connectivity index (χ0v) is 16.8. The summed E-state index contributed by atoms with van der Waals surface area (Å²) in [5.74, 6) is 0.439. The summed E-state index contributed by atoms with van der Waals surface area (Å²) in [7, 11) is 3.05. The van der Waals surface area contributed by atoms with Crippen LogP contribution in [0.2, 0.25) is 0 Å². The molecule has 0 radical (unpaired) electrons. The molecule has 5 nitrogen and oxygen atoms in total. The van der Waals surface area contributed by atoms with E-state index in [0.717, 1.165) is 33.6 Å². The summed E-state index contributed by atoms with van der Waals surface area (Å²) in [6, 6.07) is 9.65. The van der Waals surface area contributed by atoms with Gasteiger partial charge in [0.15, 0.2) is 0 Å². The first-order chi connectivity index (χ1) is 12.7. The van der Waals surface area contributed by atoms with Crippen molar-refractivity contribution in [2.45, 2.75) is 39.5 Å². The standard InChI is InChI=1S/C22H26N2O3/c1-13-10-15-16(11-14-8-7-9-17(23-14)21(25)27-6)20(22(2,3)4)24-18(15)12-19(13)26-5/h7-10,12,24H,11H2,1-6H3. The van der Waals surface area contributed by atoms with E-state index in [-0.39, 0.29) is 5.41 Å². The molecule has 0 amide bonds. The minimum atomic E-state index is -0.424. The van der Waals surface area contributed by atoms with Crippen molar-refractivity contribution in [2.24, 2.45) is 0 Å². The van der Waals surface area contributed by atoms with Crippen LogP contribution in [-0.2, 0) is 16.6 Å². The van der Waals surface area contributed by atoms with Gasteiger partial charge in [0.05, 0.1) is 14.2 Å². The van der Waals surface area contributed by atoms with Crippen LogP contribution in [0.25, 0.3) is 10.9 Å². The van der Waals surface area contributed by atoms with E-state index in [0.29, 0.717) is 12.1 Å². The number of hydrogen-bond donors (Lipinski definition) is 1. The lowest BCUT2D eigenvalue weighted by atomic mass is 9.87. The Morgan fingerprint density at radius 1 is 1.19 bits per heavy atom. The van der Waals surface area contributed by atoms with E-state index in [2.05, 4.69) is 36.8 Å². The average Bonchev–Trinajstić information content (AvgIpc) is 2.98. The summed E-state index contributed by atoms with van der Waals surface area (Å²) in [4.78, 5) is 19.9. The molecule has 3 rings (SSSR count). The Kier molecular flexibility index (Phi) is 4.96. The van der Waals surface area contributed by atoms with E-state index < -0.39 is 5.97 Å². The topological polar surface area (TPSA) is 64.2 Å². The molecule has 27 heavy (non-hydrogen) atoms. The van der Waals surface area contributed by atoms with Gasteiger partial charge in [0.25, 0.3) is 0 Å². The highest BCUT2D eigenvalue weighted by Crippen LogP contribution is 2.35. The molecule has 2 aromatic heterocycles. The van der Waals surface area contributed by atoms with Gasteiger partial charge in [-0.3, -0.25) is 0 Å². The maximum Gasteiger partial charge on any atom is 0.356 e. The summed E-state index contributed by atoms with van der Waals surface area (Å²) in [6.07, 6.45) is 0.628. The van der Waals surface area contributed by atoms with Gasteiger partial charge in [0, 0.05) is 40.2 Å². The number of hydrogen-bond acceptors (Lipinski definition) is 4. The van der Waals surface area contributed by atoms with Gasteiger partial charge in [-0.25, -0.2) is 9.78 Å². The first-order valence-corrected chi connectivity index (χ1v) is 8.98.